The van der Waals surface area contributed by atoms with Gasteiger partial charge in [0.05, 0.1) is 11.3 Å². The van der Waals surface area contributed by atoms with Crippen molar-refractivity contribution >= 4 is 40.6 Å². The second kappa shape index (κ2) is 8.47. The van der Waals surface area contributed by atoms with Crippen LogP contribution < -0.4 is 10.6 Å². The lowest BCUT2D eigenvalue weighted by Crippen LogP contribution is -2.17. The molecule has 2 N–H and O–H groups in total. The maximum Gasteiger partial charge on any atom is 0.257 e. The van der Waals surface area contributed by atoms with Crippen LogP contribution in [-0.4, -0.2) is 11.8 Å². The second-order valence-corrected chi connectivity index (χ2v) is 7.12. The van der Waals surface area contributed by atoms with Gasteiger partial charge in [0.2, 0.25) is 5.91 Å². The van der Waals surface area contributed by atoms with Gasteiger partial charge in [0.25, 0.3) is 5.91 Å². The maximum atomic E-state index is 12.7. The maximum absolute atomic E-state index is 12.7. The summed E-state index contributed by atoms with van der Waals surface area (Å²) in [6.45, 7) is 4.02. The van der Waals surface area contributed by atoms with Gasteiger partial charge in [0.1, 0.15) is 0 Å². The van der Waals surface area contributed by atoms with E-state index in [-0.39, 0.29) is 11.8 Å². The van der Waals surface area contributed by atoms with Crippen LogP contribution in [0.15, 0.2) is 66.1 Å². The Morgan fingerprint density at radius 1 is 0.926 bits per heavy atom. The number of para-hydroxylation sites is 1. The van der Waals surface area contributed by atoms with E-state index in [0.717, 1.165) is 21.7 Å². The summed E-state index contributed by atoms with van der Waals surface area (Å²) in [6, 6.07) is 16.6. The van der Waals surface area contributed by atoms with E-state index in [1.807, 2.05) is 49.6 Å². The number of thiophene rings is 1. The fraction of sp³-hybridized carbons (Fsp3) is 0.0909. The number of aryl methyl sites for hydroxylation is 2. The highest BCUT2D eigenvalue weighted by Gasteiger charge is 2.13. The van der Waals surface area contributed by atoms with Crippen LogP contribution in [0.2, 0.25) is 0 Å². The normalized spacial score (nSPS) is 10.7. The third-order valence-corrected chi connectivity index (χ3v) is 4.97. The Hall–Kier alpha value is -3.18. The van der Waals surface area contributed by atoms with Gasteiger partial charge in [-0.1, -0.05) is 24.3 Å². The lowest BCUT2D eigenvalue weighted by atomic mass is 10.1. The van der Waals surface area contributed by atoms with E-state index in [1.165, 1.54) is 6.08 Å². The molecule has 5 heteroatoms. The highest BCUT2D eigenvalue weighted by molar-refractivity contribution is 7.10. The lowest BCUT2D eigenvalue weighted by Gasteiger charge is -2.11. The molecule has 0 radical (unpaired) electrons. The summed E-state index contributed by atoms with van der Waals surface area (Å²) in [5, 5.41) is 7.61. The fourth-order valence-electron chi connectivity index (χ4n) is 2.53. The first-order valence-corrected chi connectivity index (χ1v) is 9.41. The minimum atomic E-state index is -0.283. The number of carbonyl (C=O) groups is 2. The Kier molecular flexibility index (Phi) is 5.84. The summed E-state index contributed by atoms with van der Waals surface area (Å²) in [6.07, 6.45) is 3.21. The third kappa shape index (κ3) is 4.92. The van der Waals surface area contributed by atoms with Crippen molar-refractivity contribution in [1.82, 2.24) is 0 Å². The molecule has 3 aromatic rings. The number of nitrogens with one attached hydrogen (secondary N) is 2. The summed E-state index contributed by atoms with van der Waals surface area (Å²) >= 11 is 1.55. The minimum absolute atomic E-state index is 0.267. The first-order valence-electron chi connectivity index (χ1n) is 8.53. The summed E-state index contributed by atoms with van der Waals surface area (Å²) < 4.78 is 0. The molecule has 2 amide bonds. The molecule has 4 nitrogen and oxygen atoms in total. The van der Waals surface area contributed by atoms with Crippen LogP contribution in [0.25, 0.3) is 6.08 Å². The average molecular weight is 376 g/mol. The molecule has 0 aliphatic rings. The highest BCUT2D eigenvalue weighted by Crippen LogP contribution is 2.19. The molecule has 0 saturated heterocycles. The molecule has 0 fully saturated rings. The van der Waals surface area contributed by atoms with Crippen molar-refractivity contribution in [2.75, 3.05) is 10.6 Å². The Balaban J connectivity index is 1.73. The lowest BCUT2D eigenvalue weighted by molar-refractivity contribution is -0.111. The molecular weight excluding hydrogens is 356 g/mol. The van der Waals surface area contributed by atoms with Crippen LogP contribution >= 0.6 is 11.3 Å². The molecule has 0 spiro atoms. The molecule has 3 rings (SSSR count). The smallest absolute Gasteiger partial charge is 0.257 e. The average Bonchev–Trinajstić information content (AvgIpc) is 3.17. The van der Waals surface area contributed by atoms with Gasteiger partial charge in [-0.15, -0.1) is 11.3 Å². The van der Waals surface area contributed by atoms with Crippen LogP contribution in [0.1, 0.15) is 26.4 Å². The van der Waals surface area contributed by atoms with Crippen molar-refractivity contribution in [3.63, 3.8) is 0 Å². The van der Waals surface area contributed by atoms with Gasteiger partial charge in [-0.3, -0.25) is 9.59 Å². The van der Waals surface area contributed by atoms with E-state index in [1.54, 1.807) is 41.7 Å². The third-order valence-electron chi connectivity index (χ3n) is 4.14. The Bertz CT molecular complexity index is 991. The second-order valence-electron chi connectivity index (χ2n) is 6.14. The molecule has 0 bridgehead atoms. The van der Waals surface area contributed by atoms with Crippen molar-refractivity contribution < 1.29 is 9.59 Å². The predicted octanol–water partition coefficient (Wildman–Crippen LogP) is 5.27. The monoisotopic (exact) mass is 376 g/mol. The zero-order valence-electron chi connectivity index (χ0n) is 15.2. The van der Waals surface area contributed by atoms with Gasteiger partial charge in [0.15, 0.2) is 0 Å². The summed E-state index contributed by atoms with van der Waals surface area (Å²) in [7, 11) is 0. The van der Waals surface area contributed by atoms with Gasteiger partial charge in [0, 0.05) is 16.6 Å². The van der Waals surface area contributed by atoms with Crippen LogP contribution in [0.5, 0.6) is 0 Å². The van der Waals surface area contributed by atoms with Crippen molar-refractivity contribution in [2.45, 2.75) is 13.8 Å². The Morgan fingerprint density at radius 3 is 2.48 bits per heavy atom. The number of amides is 2. The fourth-order valence-corrected chi connectivity index (χ4v) is 3.14. The van der Waals surface area contributed by atoms with Crippen molar-refractivity contribution in [3.05, 3.63) is 87.6 Å². The van der Waals surface area contributed by atoms with Gasteiger partial charge in [-0.2, -0.15) is 0 Å². The minimum Gasteiger partial charge on any atom is -0.322 e. The summed E-state index contributed by atoms with van der Waals surface area (Å²) in [5.74, 6) is -0.550. The molecule has 1 heterocycles. The first kappa shape index (κ1) is 18.6. The van der Waals surface area contributed by atoms with E-state index in [4.69, 9.17) is 0 Å². The van der Waals surface area contributed by atoms with Crippen molar-refractivity contribution in [1.29, 1.82) is 0 Å². The van der Waals surface area contributed by atoms with Gasteiger partial charge in [-0.05, 0) is 66.8 Å². The molecule has 0 atom stereocenters. The zero-order valence-corrected chi connectivity index (χ0v) is 16.0. The first-order chi connectivity index (χ1) is 13.0. The van der Waals surface area contributed by atoms with Crippen LogP contribution in [0, 0.1) is 13.8 Å². The van der Waals surface area contributed by atoms with Crippen molar-refractivity contribution in [2.24, 2.45) is 0 Å². The molecule has 0 aliphatic carbocycles. The molecule has 136 valence electrons. The van der Waals surface area contributed by atoms with E-state index >= 15 is 0 Å². The zero-order chi connectivity index (χ0) is 19.2. The molecular formula is C22H20N2O2S. The topological polar surface area (TPSA) is 58.2 Å². The van der Waals surface area contributed by atoms with Gasteiger partial charge in [-0.25, -0.2) is 0 Å². The molecule has 1 aromatic heterocycles. The standard InChI is InChI=1S/C22H20N2O2S/c1-15-9-10-17(14-16(15)2)23-22(26)19-7-3-4-8-20(19)24-21(25)12-11-18-6-5-13-27-18/h3-14H,1-2H3,(H,23,26)(H,24,25)/b12-11+. The molecule has 0 unspecified atom stereocenters. The number of carbonyl (C=O) groups excluding carboxylic acids is 2. The molecule has 0 saturated carbocycles. The van der Waals surface area contributed by atoms with Crippen LogP contribution in [0.3, 0.4) is 0 Å². The van der Waals surface area contributed by atoms with Crippen molar-refractivity contribution in [3.8, 4) is 0 Å². The van der Waals surface area contributed by atoms with Gasteiger partial charge < -0.3 is 10.6 Å². The summed E-state index contributed by atoms with van der Waals surface area (Å²) in [5.41, 5.74) is 3.88. The van der Waals surface area contributed by atoms with Crippen LogP contribution in [-0.2, 0) is 4.79 Å². The Morgan fingerprint density at radius 2 is 1.74 bits per heavy atom. The molecule has 0 aliphatic heterocycles. The number of benzene rings is 2. The number of hydrogen-bond acceptors (Lipinski definition) is 3. The van der Waals surface area contributed by atoms with E-state index in [9.17, 15) is 9.59 Å². The predicted molar refractivity (Wildman–Crippen MR) is 112 cm³/mol. The van der Waals surface area contributed by atoms with E-state index in [2.05, 4.69) is 10.6 Å². The SMILES string of the molecule is Cc1ccc(NC(=O)c2ccccc2NC(=O)/C=C/c2cccs2)cc1C. The molecule has 2 aromatic carbocycles. The van der Waals surface area contributed by atoms with Crippen LogP contribution in [0.4, 0.5) is 11.4 Å². The summed E-state index contributed by atoms with van der Waals surface area (Å²) in [4.78, 5) is 25.9. The number of rotatable bonds is 5. The molecule has 27 heavy (non-hydrogen) atoms. The van der Waals surface area contributed by atoms with E-state index in [0.29, 0.717) is 11.3 Å². The number of anilines is 2. The van der Waals surface area contributed by atoms with Gasteiger partial charge >= 0.3 is 0 Å². The number of hydrogen-bond donors (Lipinski definition) is 2. The Labute approximate surface area is 162 Å². The highest BCUT2D eigenvalue weighted by atomic mass is 32.1. The van der Waals surface area contributed by atoms with E-state index < -0.39 is 0 Å². The quantitative estimate of drug-likeness (QED) is 0.596. The largest absolute Gasteiger partial charge is 0.322 e.